The Balaban J connectivity index is 1.05. The van der Waals surface area contributed by atoms with Crippen molar-refractivity contribution < 1.29 is 0 Å². The molecule has 60 heavy (non-hydrogen) atoms. The second-order valence-electron chi connectivity index (χ2n) is 16.4. The van der Waals surface area contributed by atoms with E-state index in [0.29, 0.717) is 17.6 Å². The predicted octanol–water partition coefficient (Wildman–Crippen LogP) is 14.1. The van der Waals surface area contributed by atoms with Gasteiger partial charge in [0.15, 0.2) is 11.6 Å². The smallest absolute Gasteiger partial charge is 0.238 e. The maximum absolute atomic E-state index is 5.34. The first-order valence-corrected chi connectivity index (χ1v) is 21.3. The molecule has 0 radical (unpaired) electrons. The number of benzene rings is 8. The van der Waals surface area contributed by atoms with Gasteiger partial charge in [0.2, 0.25) is 5.95 Å². The third-order valence-electron chi connectivity index (χ3n) is 12.8. The van der Waals surface area contributed by atoms with Crippen LogP contribution in [0.5, 0.6) is 0 Å². The molecule has 282 valence electrons. The quantitative estimate of drug-likeness (QED) is 0.179. The van der Waals surface area contributed by atoms with Gasteiger partial charge in [-0.25, -0.2) is 4.98 Å². The summed E-state index contributed by atoms with van der Waals surface area (Å²) in [7, 11) is 0. The maximum Gasteiger partial charge on any atom is 0.238 e. The average Bonchev–Trinajstić information content (AvgIpc) is 4.01. The highest BCUT2D eigenvalue weighted by Gasteiger charge is 2.37. The summed E-state index contributed by atoms with van der Waals surface area (Å²) >= 11 is 1.80. The van der Waals surface area contributed by atoms with E-state index in [0.717, 1.165) is 38.6 Å². The number of hydrogen-bond acceptors (Lipinski definition) is 4. The number of rotatable bonds is 4. The van der Waals surface area contributed by atoms with Crippen molar-refractivity contribution in [3.05, 3.63) is 187 Å². The lowest BCUT2D eigenvalue weighted by Crippen LogP contribution is -2.14. The van der Waals surface area contributed by atoms with Crippen LogP contribution in [0.1, 0.15) is 25.0 Å². The highest BCUT2D eigenvalue weighted by molar-refractivity contribution is 7.25. The molecule has 0 bridgehead atoms. The lowest BCUT2D eigenvalue weighted by atomic mass is 9.82. The first-order chi connectivity index (χ1) is 29.5. The summed E-state index contributed by atoms with van der Waals surface area (Å²) in [5.41, 5.74) is 12.7. The summed E-state index contributed by atoms with van der Waals surface area (Å²) in [4.78, 5) is 15.9. The van der Waals surface area contributed by atoms with E-state index in [2.05, 4.69) is 199 Å². The fraction of sp³-hybridized carbons (Fsp3) is 0.0556. The van der Waals surface area contributed by atoms with Crippen molar-refractivity contribution in [2.75, 3.05) is 0 Å². The summed E-state index contributed by atoms with van der Waals surface area (Å²) in [6.45, 7) is 4.70. The zero-order chi connectivity index (χ0) is 39.7. The van der Waals surface area contributed by atoms with Gasteiger partial charge in [0.1, 0.15) is 0 Å². The van der Waals surface area contributed by atoms with Gasteiger partial charge in [-0.2, -0.15) is 9.97 Å². The SMILES string of the molecule is CC1(C)c2ccccc2-c2c1ccc1c2c2ccccc2n1-c1cccc(-c2nc(-c3ccc4c(c3)sc3ccccc34)nc(-n3c4ccccc4c4ccccc43)n2)c1. The number of thiophene rings is 1. The maximum atomic E-state index is 5.34. The Morgan fingerprint density at radius 3 is 1.82 bits per heavy atom. The van der Waals surface area contributed by atoms with Crippen molar-refractivity contribution in [2.45, 2.75) is 19.3 Å². The molecule has 0 amide bonds. The second-order valence-corrected chi connectivity index (χ2v) is 17.5. The fourth-order valence-corrected chi connectivity index (χ4v) is 11.2. The van der Waals surface area contributed by atoms with Crippen LogP contribution in [0.2, 0.25) is 0 Å². The first kappa shape index (κ1) is 33.6. The molecule has 13 rings (SSSR count). The highest BCUT2D eigenvalue weighted by atomic mass is 32.1. The molecular formula is C54H35N5S. The number of para-hydroxylation sites is 3. The molecule has 0 unspecified atom stereocenters. The second kappa shape index (κ2) is 12.3. The minimum atomic E-state index is -0.0881. The van der Waals surface area contributed by atoms with Gasteiger partial charge in [-0.1, -0.05) is 141 Å². The topological polar surface area (TPSA) is 48.5 Å². The molecule has 1 aliphatic rings. The van der Waals surface area contributed by atoms with Crippen molar-refractivity contribution in [1.82, 2.24) is 24.1 Å². The van der Waals surface area contributed by atoms with E-state index in [4.69, 9.17) is 15.0 Å². The van der Waals surface area contributed by atoms with Crippen LogP contribution in [0.4, 0.5) is 0 Å². The standard InChI is InChI=1S/C54H35N5S/c1-54(2)41-21-8-3-19-39(41)49-42(54)28-29-46-50(49)40-20-6-11-24-45(40)58(46)34-15-13-14-32(30-34)51-55-52(33-26-27-38-37-18-7-12-25-47(37)60-48(38)31-33)57-53(56-51)59-43-22-9-4-16-35(43)36-17-5-10-23-44(36)59/h3-31H,1-2H3. The van der Waals surface area contributed by atoms with E-state index >= 15 is 0 Å². The van der Waals surface area contributed by atoms with Gasteiger partial charge < -0.3 is 4.57 Å². The van der Waals surface area contributed by atoms with Crippen molar-refractivity contribution in [2.24, 2.45) is 0 Å². The van der Waals surface area contributed by atoms with Crippen molar-refractivity contribution in [1.29, 1.82) is 0 Å². The van der Waals surface area contributed by atoms with E-state index in [-0.39, 0.29) is 5.41 Å². The summed E-state index contributed by atoms with van der Waals surface area (Å²) in [6, 6.07) is 63.3. The van der Waals surface area contributed by atoms with E-state index < -0.39 is 0 Å². The van der Waals surface area contributed by atoms with Gasteiger partial charge >= 0.3 is 0 Å². The Morgan fingerprint density at radius 2 is 1.05 bits per heavy atom. The van der Waals surface area contributed by atoms with Crippen LogP contribution < -0.4 is 0 Å². The number of fused-ring (bicyclic) bond motifs is 13. The molecule has 0 atom stereocenters. The molecule has 4 aromatic heterocycles. The molecule has 8 aromatic carbocycles. The largest absolute Gasteiger partial charge is 0.309 e. The number of hydrogen-bond donors (Lipinski definition) is 0. The van der Waals surface area contributed by atoms with Crippen molar-refractivity contribution in [3.63, 3.8) is 0 Å². The Labute approximate surface area is 349 Å². The van der Waals surface area contributed by atoms with Crippen molar-refractivity contribution >= 4 is 75.1 Å². The fourth-order valence-electron chi connectivity index (χ4n) is 10.0. The monoisotopic (exact) mass is 785 g/mol. The summed E-state index contributed by atoms with van der Waals surface area (Å²) in [5.74, 6) is 1.84. The molecule has 5 nitrogen and oxygen atoms in total. The van der Waals surface area contributed by atoms with Crippen LogP contribution in [0.3, 0.4) is 0 Å². The molecule has 0 aliphatic heterocycles. The minimum Gasteiger partial charge on any atom is -0.309 e. The van der Waals surface area contributed by atoms with Gasteiger partial charge in [-0.15, -0.1) is 11.3 Å². The molecule has 0 saturated heterocycles. The lowest BCUT2D eigenvalue weighted by molar-refractivity contribution is 0.661. The Bertz CT molecular complexity index is 3720. The normalized spacial score (nSPS) is 13.3. The van der Waals surface area contributed by atoms with Crippen LogP contribution in [0.25, 0.3) is 109 Å². The Morgan fingerprint density at radius 1 is 0.433 bits per heavy atom. The zero-order valence-electron chi connectivity index (χ0n) is 32.9. The van der Waals surface area contributed by atoms with Crippen molar-refractivity contribution in [3.8, 4) is 45.5 Å². The van der Waals surface area contributed by atoms with Gasteiger partial charge in [0.25, 0.3) is 0 Å². The summed E-state index contributed by atoms with van der Waals surface area (Å²) < 4.78 is 7.08. The molecular weight excluding hydrogens is 751 g/mol. The highest BCUT2D eigenvalue weighted by Crippen LogP contribution is 2.53. The van der Waals surface area contributed by atoms with Gasteiger partial charge in [0.05, 0.1) is 22.1 Å². The van der Waals surface area contributed by atoms with E-state index in [9.17, 15) is 0 Å². The van der Waals surface area contributed by atoms with Crippen LogP contribution in [-0.4, -0.2) is 24.1 Å². The average molecular weight is 786 g/mol. The van der Waals surface area contributed by atoms with E-state index in [1.807, 2.05) is 0 Å². The van der Waals surface area contributed by atoms with Gasteiger partial charge in [-0.3, -0.25) is 4.57 Å². The molecule has 0 spiro atoms. The van der Waals surface area contributed by atoms with Crippen LogP contribution >= 0.6 is 11.3 Å². The molecule has 0 saturated carbocycles. The number of nitrogens with zero attached hydrogens (tertiary/aromatic N) is 5. The molecule has 4 heterocycles. The van der Waals surface area contributed by atoms with Gasteiger partial charge in [-0.05, 0) is 70.8 Å². The Kier molecular flexibility index (Phi) is 6.88. The minimum absolute atomic E-state index is 0.0881. The zero-order valence-corrected chi connectivity index (χ0v) is 33.7. The molecule has 0 fully saturated rings. The van der Waals surface area contributed by atoms with Crippen LogP contribution in [0, 0.1) is 0 Å². The Hall–Kier alpha value is -7.41. The van der Waals surface area contributed by atoms with Crippen LogP contribution in [-0.2, 0) is 5.41 Å². The molecule has 6 heteroatoms. The molecule has 12 aromatic rings. The third kappa shape index (κ3) is 4.65. The summed E-state index contributed by atoms with van der Waals surface area (Å²) in [5, 5.41) is 7.37. The molecule has 1 aliphatic carbocycles. The van der Waals surface area contributed by atoms with E-state index in [1.165, 1.54) is 64.2 Å². The third-order valence-corrected chi connectivity index (χ3v) is 13.9. The molecule has 0 N–H and O–H groups in total. The van der Waals surface area contributed by atoms with Gasteiger partial charge in [0, 0.05) is 63.9 Å². The number of aromatic nitrogens is 5. The first-order valence-electron chi connectivity index (χ1n) is 20.4. The van der Waals surface area contributed by atoms with Crippen LogP contribution in [0.15, 0.2) is 176 Å². The predicted molar refractivity (Wildman–Crippen MR) is 250 cm³/mol. The summed E-state index contributed by atoms with van der Waals surface area (Å²) in [6.07, 6.45) is 0. The lowest BCUT2D eigenvalue weighted by Gasteiger charge is -2.21. The van der Waals surface area contributed by atoms with E-state index in [1.54, 1.807) is 11.3 Å².